The summed E-state index contributed by atoms with van der Waals surface area (Å²) in [5.74, 6) is -8.28. The number of hydrogen-bond acceptors (Lipinski definition) is 4. The quantitative estimate of drug-likeness (QED) is 0.343. The topological polar surface area (TPSA) is 52.6 Å². The Hall–Kier alpha value is -2.19. The van der Waals surface area contributed by atoms with Gasteiger partial charge in [-0.2, -0.15) is 13.2 Å². The van der Waals surface area contributed by atoms with Crippen molar-refractivity contribution in [3.63, 3.8) is 0 Å². The number of benzene rings is 1. The molecule has 1 aromatic rings. The number of halogens is 5. The van der Waals surface area contributed by atoms with Crippen LogP contribution in [0.4, 0.5) is 22.0 Å². The van der Waals surface area contributed by atoms with Gasteiger partial charge in [0.2, 0.25) is 5.75 Å². The highest BCUT2D eigenvalue weighted by Crippen LogP contribution is 2.33. The van der Waals surface area contributed by atoms with Crippen LogP contribution in [0.25, 0.3) is 0 Å². The molecular weight excluding hydrogens is 279 g/mol. The molecule has 0 aromatic heterocycles. The van der Waals surface area contributed by atoms with E-state index in [4.69, 9.17) is 0 Å². The molecule has 0 amide bonds. The van der Waals surface area contributed by atoms with Crippen molar-refractivity contribution >= 4 is 11.9 Å². The van der Waals surface area contributed by atoms with Gasteiger partial charge >= 0.3 is 18.1 Å². The summed E-state index contributed by atoms with van der Waals surface area (Å²) in [5, 5.41) is 0. The largest absolute Gasteiger partial charge is 0.461 e. The number of ether oxygens (including phenoxy) is 2. The van der Waals surface area contributed by atoms with Gasteiger partial charge in [-0.1, -0.05) is 0 Å². The maximum absolute atomic E-state index is 13.2. The van der Waals surface area contributed by atoms with Crippen LogP contribution >= 0.6 is 0 Å². The molecule has 0 aliphatic carbocycles. The van der Waals surface area contributed by atoms with Gasteiger partial charge in [0.05, 0.1) is 12.7 Å². The third kappa shape index (κ3) is 3.39. The summed E-state index contributed by atoms with van der Waals surface area (Å²) in [4.78, 5) is 21.5. The Morgan fingerprint density at radius 1 is 1.05 bits per heavy atom. The minimum atomic E-state index is -4.97. The first kappa shape index (κ1) is 14.9. The van der Waals surface area contributed by atoms with E-state index in [0.29, 0.717) is 0 Å². The Bertz CT molecular complexity index is 500. The highest BCUT2D eigenvalue weighted by molar-refractivity contribution is 6.30. The molecule has 0 spiro atoms. The van der Waals surface area contributed by atoms with Crippen molar-refractivity contribution in [2.45, 2.75) is 6.18 Å². The van der Waals surface area contributed by atoms with E-state index < -0.39 is 41.1 Å². The minimum Gasteiger partial charge on any atom is -0.461 e. The number of alkyl halides is 3. The minimum absolute atomic E-state index is 0.0665. The molecule has 0 aliphatic heterocycles. The van der Waals surface area contributed by atoms with Crippen LogP contribution in [-0.4, -0.2) is 19.0 Å². The molecule has 4 nitrogen and oxygen atoms in total. The molecule has 0 atom stereocenters. The number of carbonyl (C=O) groups is 2. The maximum Gasteiger partial charge on any atom is 0.423 e. The number of rotatable bonds is 1. The van der Waals surface area contributed by atoms with Crippen LogP contribution in [0, 0.1) is 11.6 Å². The summed E-state index contributed by atoms with van der Waals surface area (Å²) in [7, 11) is 0.809. The van der Waals surface area contributed by atoms with E-state index in [1.54, 1.807) is 0 Å². The van der Waals surface area contributed by atoms with Crippen LogP contribution in [0.1, 0.15) is 5.56 Å². The predicted molar refractivity (Wildman–Crippen MR) is 49.0 cm³/mol. The highest BCUT2D eigenvalue weighted by Gasteiger charge is 2.33. The van der Waals surface area contributed by atoms with Gasteiger partial charge in [0.15, 0.2) is 11.6 Å². The van der Waals surface area contributed by atoms with Crippen molar-refractivity contribution in [2.24, 2.45) is 0 Å². The summed E-state index contributed by atoms with van der Waals surface area (Å²) in [5.41, 5.74) is -1.60. The van der Waals surface area contributed by atoms with Gasteiger partial charge in [-0.15, -0.1) is 0 Å². The number of hydrogen-bond donors (Lipinski definition) is 0. The van der Waals surface area contributed by atoms with Crippen LogP contribution < -0.4 is 4.74 Å². The second-order valence-electron chi connectivity index (χ2n) is 3.15. The molecule has 0 bridgehead atoms. The second-order valence-corrected chi connectivity index (χ2v) is 3.15. The Kier molecular flexibility index (Phi) is 4.07. The Morgan fingerprint density at radius 2 is 1.53 bits per heavy atom. The fourth-order valence-corrected chi connectivity index (χ4v) is 1.04. The van der Waals surface area contributed by atoms with Crippen molar-refractivity contribution in [3.05, 3.63) is 29.3 Å². The van der Waals surface area contributed by atoms with E-state index in [1.165, 1.54) is 0 Å². The van der Waals surface area contributed by atoms with Crippen molar-refractivity contribution in [1.82, 2.24) is 0 Å². The van der Waals surface area contributed by atoms with E-state index in [2.05, 4.69) is 9.47 Å². The molecule has 0 N–H and O–H groups in total. The van der Waals surface area contributed by atoms with Crippen molar-refractivity contribution in [1.29, 1.82) is 0 Å². The number of esters is 2. The molecule has 1 aromatic carbocycles. The lowest BCUT2D eigenvalue weighted by Gasteiger charge is -2.10. The van der Waals surface area contributed by atoms with Gasteiger partial charge in [0, 0.05) is 0 Å². The Labute approximate surface area is 102 Å². The third-order valence-electron chi connectivity index (χ3n) is 1.87. The second kappa shape index (κ2) is 5.21. The SMILES string of the molecule is COC(=O)C(=O)Oc1c(F)cc(C(F)(F)F)cc1F. The molecule has 104 valence electrons. The van der Waals surface area contributed by atoms with Crippen molar-refractivity contribution in [3.8, 4) is 5.75 Å². The molecular formula is C10H5F5O4. The van der Waals surface area contributed by atoms with E-state index >= 15 is 0 Å². The third-order valence-corrected chi connectivity index (χ3v) is 1.87. The fraction of sp³-hybridized carbons (Fsp3) is 0.200. The molecule has 0 unspecified atom stereocenters. The highest BCUT2D eigenvalue weighted by atomic mass is 19.4. The standard InChI is InChI=1S/C10H5F5O4/c1-18-8(16)9(17)19-7-5(11)2-4(3-6(7)12)10(13,14)15/h2-3H,1H3. The Morgan fingerprint density at radius 3 is 1.89 bits per heavy atom. The van der Waals surface area contributed by atoms with Crippen molar-refractivity contribution < 1.29 is 41.0 Å². The summed E-state index contributed by atoms with van der Waals surface area (Å²) in [6.07, 6.45) is -4.97. The van der Waals surface area contributed by atoms with Gasteiger partial charge in [-0.05, 0) is 12.1 Å². The summed E-state index contributed by atoms with van der Waals surface area (Å²) in [6.45, 7) is 0. The maximum atomic E-state index is 13.2. The molecule has 0 fully saturated rings. The normalized spacial score (nSPS) is 11.1. The van der Waals surface area contributed by atoms with Crippen molar-refractivity contribution in [2.75, 3.05) is 7.11 Å². The molecule has 0 heterocycles. The lowest BCUT2D eigenvalue weighted by molar-refractivity contribution is -0.160. The molecule has 9 heteroatoms. The zero-order valence-electron chi connectivity index (χ0n) is 9.18. The van der Waals surface area contributed by atoms with E-state index in [1.807, 2.05) is 0 Å². The molecule has 0 radical (unpaired) electrons. The van der Waals surface area contributed by atoms with Crippen LogP contribution in [-0.2, 0) is 20.5 Å². The molecule has 0 aliphatic rings. The number of carbonyl (C=O) groups excluding carboxylic acids is 2. The van der Waals surface area contributed by atoms with Crippen LogP contribution in [0.15, 0.2) is 12.1 Å². The average molecular weight is 284 g/mol. The summed E-state index contributed by atoms with van der Waals surface area (Å²) >= 11 is 0. The summed E-state index contributed by atoms with van der Waals surface area (Å²) in [6, 6.07) is -0.133. The van der Waals surface area contributed by atoms with Gasteiger partial charge in [0.25, 0.3) is 0 Å². The van der Waals surface area contributed by atoms with Crippen LogP contribution in [0.2, 0.25) is 0 Å². The lowest BCUT2D eigenvalue weighted by Crippen LogP contribution is -2.22. The van der Waals surface area contributed by atoms with Crippen LogP contribution in [0.5, 0.6) is 5.75 Å². The van der Waals surface area contributed by atoms with Gasteiger partial charge in [-0.25, -0.2) is 18.4 Å². The van der Waals surface area contributed by atoms with E-state index in [9.17, 15) is 31.5 Å². The molecule has 1 rings (SSSR count). The number of methoxy groups -OCH3 is 1. The lowest BCUT2D eigenvalue weighted by atomic mass is 10.2. The zero-order chi connectivity index (χ0) is 14.8. The first-order valence-electron chi connectivity index (χ1n) is 4.53. The van der Waals surface area contributed by atoms with Crippen LogP contribution in [0.3, 0.4) is 0 Å². The first-order valence-corrected chi connectivity index (χ1v) is 4.53. The van der Waals surface area contributed by atoms with Gasteiger partial charge < -0.3 is 9.47 Å². The fourth-order valence-electron chi connectivity index (χ4n) is 1.04. The molecule has 0 saturated carbocycles. The molecule has 0 saturated heterocycles. The predicted octanol–water partition coefficient (Wildman–Crippen LogP) is 2.06. The summed E-state index contributed by atoms with van der Waals surface area (Å²) < 4.78 is 70.9. The smallest absolute Gasteiger partial charge is 0.423 e. The first-order chi connectivity index (χ1) is 8.66. The Balaban J connectivity index is 3.12. The van der Waals surface area contributed by atoms with E-state index in [0.717, 1.165) is 7.11 Å². The monoisotopic (exact) mass is 284 g/mol. The van der Waals surface area contributed by atoms with Gasteiger partial charge in [-0.3, -0.25) is 0 Å². The zero-order valence-corrected chi connectivity index (χ0v) is 9.18. The molecule has 19 heavy (non-hydrogen) atoms. The van der Waals surface area contributed by atoms with E-state index in [-0.39, 0.29) is 12.1 Å². The van der Waals surface area contributed by atoms with Gasteiger partial charge in [0.1, 0.15) is 0 Å². The average Bonchev–Trinajstić information content (AvgIpc) is 2.30.